The van der Waals surface area contributed by atoms with Crippen molar-refractivity contribution in [1.82, 2.24) is 4.98 Å². The van der Waals surface area contributed by atoms with Crippen molar-refractivity contribution < 1.29 is 31.8 Å². The minimum atomic E-state index is -4.85. The fourth-order valence-corrected chi connectivity index (χ4v) is 2.09. The van der Waals surface area contributed by atoms with Gasteiger partial charge in [-0.1, -0.05) is 12.1 Å². The van der Waals surface area contributed by atoms with Crippen molar-refractivity contribution in [2.45, 2.75) is 18.8 Å². The molecule has 25 heavy (non-hydrogen) atoms. The van der Waals surface area contributed by atoms with Gasteiger partial charge in [-0.15, -0.1) is 13.2 Å². The van der Waals surface area contributed by atoms with E-state index in [1.807, 2.05) is 0 Å². The van der Waals surface area contributed by atoms with Crippen molar-refractivity contribution in [2.24, 2.45) is 5.73 Å². The highest BCUT2D eigenvalue weighted by atomic mass is 19.4. The molecule has 0 amide bonds. The molecule has 1 unspecified atom stereocenters. The highest BCUT2D eigenvalue weighted by Crippen LogP contribution is 2.36. The molecule has 136 valence electrons. The molecule has 1 aromatic carbocycles. The molecule has 3 rings (SSSR count). The maximum absolute atomic E-state index is 12.5. The second-order valence-electron chi connectivity index (χ2n) is 4.95. The Labute approximate surface area is 141 Å². The molecule has 5 nitrogen and oxygen atoms in total. The van der Waals surface area contributed by atoms with E-state index in [0.717, 1.165) is 24.2 Å². The van der Waals surface area contributed by atoms with Crippen LogP contribution >= 0.6 is 0 Å². The average molecular weight is 360 g/mol. The van der Waals surface area contributed by atoms with E-state index < -0.39 is 17.9 Å². The number of hydrogen-bond acceptors (Lipinski definition) is 5. The van der Waals surface area contributed by atoms with Crippen LogP contribution in [0.5, 0.6) is 17.2 Å². The van der Waals surface area contributed by atoms with Gasteiger partial charge in [-0.05, 0) is 12.1 Å². The number of para-hydroxylation sites is 1. The van der Waals surface area contributed by atoms with E-state index in [-0.39, 0.29) is 6.04 Å². The predicted molar refractivity (Wildman–Crippen MR) is 80.9 cm³/mol. The number of alkyl halides is 3. The molecule has 2 N–H and O–H groups in total. The van der Waals surface area contributed by atoms with Crippen LogP contribution in [0.4, 0.5) is 17.6 Å². The van der Waals surface area contributed by atoms with Crippen LogP contribution in [0.1, 0.15) is 18.2 Å². The fourth-order valence-electron chi connectivity index (χ4n) is 2.09. The summed E-state index contributed by atoms with van der Waals surface area (Å²) in [6.45, 7) is 0.635. The molecule has 0 saturated carbocycles. The second-order valence-corrected chi connectivity index (χ2v) is 4.95. The molecular formula is C16H16F4N2O3. The van der Waals surface area contributed by atoms with Gasteiger partial charge in [-0.2, -0.15) is 0 Å². The monoisotopic (exact) mass is 360 g/mol. The summed E-state index contributed by atoms with van der Waals surface area (Å²) < 4.78 is 61.0. The summed E-state index contributed by atoms with van der Waals surface area (Å²) in [5.74, 6) is -0.441. The molecule has 0 bridgehead atoms. The van der Waals surface area contributed by atoms with Gasteiger partial charge < -0.3 is 19.9 Å². The van der Waals surface area contributed by atoms with Crippen molar-refractivity contribution in [1.29, 1.82) is 0 Å². The predicted octanol–water partition coefficient (Wildman–Crippen LogP) is 3.60. The molecule has 1 aliphatic heterocycles. The fraction of sp³-hybridized carbons (Fsp3) is 0.312. The minimum absolute atomic E-state index is 0.0288. The molecule has 1 aliphatic rings. The summed E-state index contributed by atoms with van der Waals surface area (Å²) >= 11 is 0. The first-order chi connectivity index (χ1) is 11.8. The summed E-state index contributed by atoms with van der Waals surface area (Å²) in [6.07, 6.45) is -2.35. The summed E-state index contributed by atoms with van der Waals surface area (Å²) in [5.41, 5.74) is 6.67. The van der Waals surface area contributed by atoms with E-state index in [1.54, 1.807) is 19.4 Å². The summed E-state index contributed by atoms with van der Waals surface area (Å²) in [4.78, 5) is 4.18. The smallest absolute Gasteiger partial charge is 0.493 e. The Balaban J connectivity index is 0.000000181. The van der Waals surface area contributed by atoms with Gasteiger partial charge >= 0.3 is 6.36 Å². The zero-order chi connectivity index (χ0) is 18.4. The summed E-state index contributed by atoms with van der Waals surface area (Å²) in [7, 11) is 1.61. The van der Waals surface area contributed by atoms with Crippen molar-refractivity contribution in [3.05, 3.63) is 48.0 Å². The molecular weight excluding hydrogens is 344 g/mol. The van der Waals surface area contributed by atoms with E-state index in [1.165, 1.54) is 12.1 Å². The molecule has 0 fully saturated rings. The topological polar surface area (TPSA) is 66.6 Å². The van der Waals surface area contributed by atoms with Crippen molar-refractivity contribution in [2.75, 3.05) is 13.7 Å². The lowest BCUT2D eigenvalue weighted by Crippen LogP contribution is -2.22. The zero-order valence-electron chi connectivity index (χ0n) is 13.2. The summed E-state index contributed by atoms with van der Waals surface area (Å²) in [6, 6.07) is 6.07. The maximum Gasteiger partial charge on any atom is 0.573 e. The second kappa shape index (κ2) is 8.02. The van der Waals surface area contributed by atoms with Crippen LogP contribution in [0.25, 0.3) is 0 Å². The maximum atomic E-state index is 12.5. The highest BCUT2D eigenvalue weighted by molar-refractivity contribution is 5.44. The molecule has 2 aromatic rings. The number of rotatable bonds is 2. The average Bonchev–Trinajstić information content (AvgIpc) is 2.56. The van der Waals surface area contributed by atoms with Gasteiger partial charge in [0.15, 0.2) is 23.1 Å². The SMILES string of the molecule is COc1ccnc2c1OCCC2N.Fc1ccccc1OC(F)(F)F. The third kappa shape index (κ3) is 5.21. The van der Waals surface area contributed by atoms with Gasteiger partial charge in [0.25, 0.3) is 0 Å². The Kier molecular flexibility index (Phi) is 6.02. The van der Waals surface area contributed by atoms with Gasteiger partial charge in [-0.3, -0.25) is 4.98 Å². The van der Waals surface area contributed by atoms with Crippen LogP contribution in [-0.4, -0.2) is 25.1 Å². The number of halogens is 4. The number of hydrogen-bond donors (Lipinski definition) is 1. The molecule has 0 radical (unpaired) electrons. The van der Waals surface area contributed by atoms with Gasteiger partial charge in [0.2, 0.25) is 0 Å². The minimum Gasteiger partial charge on any atom is -0.493 e. The zero-order valence-corrected chi connectivity index (χ0v) is 13.2. The van der Waals surface area contributed by atoms with Crippen molar-refractivity contribution in [3.8, 4) is 17.2 Å². The van der Waals surface area contributed by atoms with Gasteiger partial charge in [0.05, 0.1) is 19.8 Å². The number of pyridine rings is 1. The largest absolute Gasteiger partial charge is 0.573 e. The van der Waals surface area contributed by atoms with Gasteiger partial charge in [-0.25, -0.2) is 4.39 Å². The van der Waals surface area contributed by atoms with Crippen LogP contribution in [0.15, 0.2) is 36.5 Å². The first-order valence-corrected chi connectivity index (χ1v) is 7.23. The standard InChI is InChI=1S/C9H12N2O2.C7H4F4O/c1-12-7-2-4-11-8-6(10)3-5-13-9(7)8;8-5-3-1-2-4-6(5)12-7(9,10)11/h2,4,6H,3,5,10H2,1H3;1-4H. The Hall–Kier alpha value is -2.55. The molecule has 0 saturated heterocycles. The number of benzene rings is 1. The van der Waals surface area contributed by atoms with Crippen molar-refractivity contribution in [3.63, 3.8) is 0 Å². The van der Waals surface area contributed by atoms with E-state index in [9.17, 15) is 17.6 Å². The van der Waals surface area contributed by atoms with Crippen LogP contribution < -0.4 is 19.9 Å². The van der Waals surface area contributed by atoms with E-state index in [4.69, 9.17) is 15.2 Å². The van der Waals surface area contributed by atoms with Crippen LogP contribution in [-0.2, 0) is 0 Å². The third-order valence-corrected chi connectivity index (χ3v) is 3.20. The molecule has 9 heteroatoms. The first-order valence-electron chi connectivity index (χ1n) is 7.23. The highest BCUT2D eigenvalue weighted by Gasteiger charge is 2.32. The molecule has 0 spiro atoms. The summed E-state index contributed by atoms with van der Waals surface area (Å²) in [5, 5.41) is 0. The van der Waals surface area contributed by atoms with Gasteiger partial charge in [0.1, 0.15) is 5.69 Å². The molecule has 2 heterocycles. The van der Waals surface area contributed by atoms with Crippen molar-refractivity contribution >= 4 is 0 Å². The van der Waals surface area contributed by atoms with E-state index in [0.29, 0.717) is 18.1 Å². The van der Waals surface area contributed by atoms with E-state index >= 15 is 0 Å². The Bertz CT molecular complexity index is 710. The van der Waals surface area contributed by atoms with Gasteiger partial charge in [0, 0.05) is 18.7 Å². The third-order valence-electron chi connectivity index (χ3n) is 3.20. The lowest BCUT2D eigenvalue weighted by Gasteiger charge is -2.22. The number of fused-ring (bicyclic) bond motifs is 1. The normalized spacial score (nSPS) is 16.0. The number of aromatic nitrogens is 1. The lowest BCUT2D eigenvalue weighted by molar-refractivity contribution is -0.275. The molecule has 1 atom stereocenters. The van der Waals surface area contributed by atoms with Crippen LogP contribution in [0.2, 0.25) is 0 Å². The number of methoxy groups -OCH3 is 1. The Morgan fingerprint density at radius 1 is 1.20 bits per heavy atom. The quantitative estimate of drug-likeness (QED) is 0.829. The van der Waals surface area contributed by atoms with Crippen LogP contribution in [0, 0.1) is 5.82 Å². The Morgan fingerprint density at radius 3 is 2.56 bits per heavy atom. The number of ether oxygens (including phenoxy) is 3. The Morgan fingerprint density at radius 2 is 1.92 bits per heavy atom. The van der Waals surface area contributed by atoms with Crippen LogP contribution in [0.3, 0.4) is 0 Å². The molecule has 1 aromatic heterocycles. The first kappa shape index (κ1) is 18.8. The number of nitrogens with two attached hydrogens (primary N) is 1. The van der Waals surface area contributed by atoms with E-state index in [2.05, 4.69) is 9.72 Å². The number of nitrogens with zero attached hydrogens (tertiary/aromatic N) is 1. The molecule has 0 aliphatic carbocycles. The lowest BCUT2D eigenvalue weighted by atomic mass is 10.1.